The number of nitrogens with one attached hydrogen (secondary N) is 3. The Balaban J connectivity index is 1.62. The second kappa shape index (κ2) is 35.6. The van der Waals surface area contributed by atoms with Gasteiger partial charge in [-0.25, -0.2) is 0 Å². The first-order chi connectivity index (χ1) is 31.2. The fourth-order valence-corrected chi connectivity index (χ4v) is 10.1. The average Bonchev–Trinajstić information content (AvgIpc) is 3.24. The van der Waals surface area contributed by atoms with Gasteiger partial charge < -0.3 is 30.2 Å². The van der Waals surface area contributed by atoms with Crippen molar-refractivity contribution in [2.24, 2.45) is 16.7 Å². The zero-order chi connectivity index (χ0) is 47.6. The van der Waals surface area contributed by atoms with Crippen LogP contribution in [0.1, 0.15) is 228 Å². The number of carbonyl (C=O) groups excluding carboxylic acids is 4. The van der Waals surface area contributed by atoms with Gasteiger partial charge in [-0.15, -0.1) is 0 Å². The van der Waals surface area contributed by atoms with Crippen LogP contribution in [0.4, 0.5) is 0 Å². The molecule has 0 aromatic carbocycles. The van der Waals surface area contributed by atoms with Crippen molar-refractivity contribution in [3.8, 4) is 0 Å². The Morgan fingerprint density at radius 1 is 0.523 bits per heavy atom. The van der Waals surface area contributed by atoms with E-state index in [1.807, 2.05) is 0 Å². The van der Waals surface area contributed by atoms with Gasteiger partial charge in [-0.05, 0) is 127 Å². The lowest BCUT2D eigenvalue weighted by atomic mass is 9.71. The van der Waals surface area contributed by atoms with Crippen LogP contribution in [0.2, 0.25) is 0 Å². The molecule has 2 rings (SSSR count). The van der Waals surface area contributed by atoms with Crippen molar-refractivity contribution in [2.75, 3.05) is 59.3 Å². The minimum absolute atomic E-state index is 0.0324. The van der Waals surface area contributed by atoms with Crippen molar-refractivity contribution >= 4 is 23.5 Å². The number of rotatable bonds is 40. The molecular formula is C55H99N3O7. The summed E-state index contributed by atoms with van der Waals surface area (Å²) in [7, 11) is 0. The number of allylic oxidation sites excluding steroid dienone is 4. The summed E-state index contributed by atoms with van der Waals surface area (Å²) in [4.78, 5) is 50.0. The molecule has 2 aliphatic carbocycles. The van der Waals surface area contributed by atoms with Crippen LogP contribution in [0.5, 0.6) is 0 Å². The molecule has 3 N–H and O–H groups in total. The predicted octanol–water partition coefficient (Wildman–Crippen LogP) is 12.2. The van der Waals surface area contributed by atoms with E-state index in [9.17, 15) is 19.2 Å². The van der Waals surface area contributed by atoms with Crippen LogP contribution in [-0.2, 0) is 33.4 Å². The quantitative estimate of drug-likeness (QED) is 0.0412. The van der Waals surface area contributed by atoms with Crippen LogP contribution in [0.3, 0.4) is 0 Å². The molecule has 0 saturated heterocycles. The van der Waals surface area contributed by atoms with E-state index >= 15 is 0 Å². The zero-order valence-corrected chi connectivity index (χ0v) is 43.1. The lowest BCUT2D eigenvalue weighted by molar-refractivity contribution is -0.129. The summed E-state index contributed by atoms with van der Waals surface area (Å²) in [5, 5.41) is 8.90. The summed E-state index contributed by atoms with van der Waals surface area (Å²) >= 11 is 0. The Morgan fingerprint density at radius 3 is 1.48 bits per heavy atom. The number of carbonyl (C=O) groups is 4. The highest BCUT2D eigenvalue weighted by Gasteiger charge is 2.29. The number of hydrogen-bond acceptors (Lipinski definition) is 7. The highest BCUT2D eigenvalue weighted by molar-refractivity contribution is 5.86. The van der Waals surface area contributed by atoms with Crippen molar-refractivity contribution in [1.82, 2.24) is 16.0 Å². The van der Waals surface area contributed by atoms with Crippen LogP contribution in [0.15, 0.2) is 22.3 Å². The third kappa shape index (κ3) is 28.4. The smallest absolute Gasteiger partial charge is 0.223 e. The molecule has 0 aromatic heterocycles. The van der Waals surface area contributed by atoms with Crippen molar-refractivity contribution < 1.29 is 33.4 Å². The third-order valence-electron chi connectivity index (χ3n) is 14.1. The standard InChI is InChI=1S/C55H99N3O7/c1-45-26-22-33-54(4,5)50(45)30-17-13-9-8-12-16-29-49(60)44-48(53(62)58-37-25-39-64-41-43-65-42-40-63-38-24-36-56-47(3)59)28-20-21-35-57-52(61)32-19-15-11-10-14-18-31-51-46(2)27-23-34-55(51,6)7/h48H,8-44H2,1-7H3,(H,56,59)(H,57,61)(H,58,62)/t48-/m1/s1. The zero-order valence-electron chi connectivity index (χ0n) is 43.1. The van der Waals surface area contributed by atoms with Crippen LogP contribution in [0.25, 0.3) is 0 Å². The number of unbranched alkanes of at least 4 members (excludes halogenated alkanes) is 11. The fourth-order valence-electron chi connectivity index (χ4n) is 10.1. The largest absolute Gasteiger partial charge is 0.379 e. The van der Waals surface area contributed by atoms with E-state index in [2.05, 4.69) is 57.5 Å². The van der Waals surface area contributed by atoms with E-state index in [1.165, 1.54) is 103 Å². The monoisotopic (exact) mass is 914 g/mol. The first-order valence-corrected chi connectivity index (χ1v) is 26.6. The Hall–Kier alpha value is -2.56. The molecule has 0 bridgehead atoms. The fraction of sp³-hybridized carbons (Fsp3) is 0.855. The molecule has 10 heteroatoms. The second-order valence-electron chi connectivity index (χ2n) is 20.8. The maximum absolute atomic E-state index is 13.4. The SMILES string of the molecule is CC(=O)NCCCOCCOCCOCCCNC(=O)[C@H](CCCCNC(=O)CCCCCCCCC1=C(C)CCCC1(C)C)CC(=O)CCCCCCCCC1=C(C)CCCC1(C)C. The number of Topliss-reactive ketones (excluding diaryl/α,β-unsaturated/α-hetero) is 1. The van der Waals surface area contributed by atoms with Crippen LogP contribution in [-0.4, -0.2) is 82.8 Å². The molecule has 0 heterocycles. The third-order valence-corrected chi connectivity index (χ3v) is 14.1. The molecule has 3 amide bonds. The maximum atomic E-state index is 13.4. The van der Waals surface area contributed by atoms with Crippen molar-refractivity contribution in [2.45, 2.75) is 228 Å². The minimum Gasteiger partial charge on any atom is -0.379 e. The molecule has 0 fully saturated rings. The second-order valence-corrected chi connectivity index (χ2v) is 20.8. The number of ketones is 1. The molecular weight excluding hydrogens is 815 g/mol. The summed E-state index contributed by atoms with van der Waals surface area (Å²) < 4.78 is 16.7. The number of hydrogen-bond donors (Lipinski definition) is 3. The Kier molecular flexibility index (Phi) is 32.0. The summed E-state index contributed by atoms with van der Waals surface area (Å²) in [6.07, 6.45) is 29.2. The van der Waals surface area contributed by atoms with Crippen LogP contribution in [0, 0.1) is 16.7 Å². The van der Waals surface area contributed by atoms with Gasteiger partial charge in [0.2, 0.25) is 17.7 Å². The van der Waals surface area contributed by atoms with Gasteiger partial charge in [-0.1, -0.05) is 108 Å². The molecule has 0 aromatic rings. The van der Waals surface area contributed by atoms with E-state index in [1.54, 1.807) is 22.3 Å². The van der Waals surface area contributed by atoms with Crippen molar-refractivity contribution in [3.63, 3.8) is 0 Å². The topological polar surface area (TPSA) is 132 Å². The molecule has 10 nitrogen and oxygen atoms in total. The van der Waals surface area contributed by atoms with Gasteiger partial charge in [0, 0.05) is 65.0 Å². The molecule has 0 aliphatic heterocycles. The molecule has 2 aliphatic rings. The van der Waals surface area contributed by atoms with Crippen molar-refractivity contribution in [1.29, 1.82) is 0 Å². The van der Waals surface area contributed by atoms with Crippen LogP contribution < -0.4 is 16.0 Å². The summed E-state index contributed by atoms with van der Waals surface area (Å²) in [6, 6.07) is 0. The minimum atomic E-state index is -0.350. The van der Waals surface area contributed by atoms with Gasteiger partial charge in [-0.2, -0.15) is 0 Å². The van der Waals surface area contributed by atoms with E-state index in [0.29, 0.717) is 95.8 Å². The van der Waals surface area contributed by atoms with Crippen molar-refractivity contribution in [3.05, 3.63) is 22.3 Å². The van der Waals surface area contributed by atoms with E-state index in [-0.39, 0.29) is 35.8 Å². The Morgan fingerprint density at radius 2 is 0.969 bits per heavy atom. The van der Waals surface area contributed by atoms with Gasteiger partial charge in [0.1, 0.15) is 5.78 Å². The van der Waals surface area contributed by atoms with Gasteiger partial charge in [0.05, 0.1) is 26.4 Å². The lowest BCUT2D eigenvalue weighted by Gasteiger charge is -2.34. The summed E-state index contributed by atoms with van der Waals surface area (Å²) in [5.74, 6) is -0.141. The molecule has 1 atom stereocenters. The highest BCUT2D eigenvalue weighted by Crippen LogP contribution is 2.43. The number of amides is 3. The van der Waals surface area contributed by atoms with E-state index < -0.39 is 0 Å². The predicted molar refractivity (Wildman–Crippen MR) is 268 cm³/mol. The Bertz CT molecular complexity index is 1400. The number of ether oxygens (including phenoxy) is 3. The summed E-state index contributed by atoms with van der Waals surface area (Å²) in [5.41, 5.74) is 7.39. The van der Waals surface area contributed by atoms with Crippen LogP contribution >= 0.6 is 0 Å². The molecule has 65 heavy (non-hydrogen) atoms. The van der Waals surface area contributed by atoms with E-state index in [4.69, 9.17) is 14.2 Å². The molecule has 0 spiro atoms. The van der Waals surface area contributed by atoms with Gasteiger partial charge >= 0.3 is 0 Å². The maximum Gasteiger partial charge on any atom is 0.223 e. The lowest BCUT2D eigenvalue weighted by Crippen LogP contribution is -2.33. The van der Waals surface area contributed by atoms with E-state index in [0.717, 1.165) is 51.4 Å². The average molecular weight is 914 g/mol. The molecule has 376 valence electrons. The van der Waals surface area contributed by atoms with Gasteiger partial charge in [0.15, 0.2) is 0 Å². The van der Waals surface area contributed by atoms with Gasteiger partial charge in [0.25, 0.3) is 0 Å². The summed E-state index contributed by atoms with van der Waals surface area (Å²) in [6.45, 7) is 20.6. The first-order valence-electron chi connectivity index (χ1n) is 26.6. The normalized spacial score (nSPS) is 16.4. The molecule has 0 saturated carbocycles. The Labute approximate surface area is 398 Å². The first kappa shape index (κ1) is 58.6. The molecule has 0 radical (unpaired) electrons. The van der Waals surface area contributed by atoms with Gasteiger partial charge in [-0.3, -0.25) is 19.2 Å². The molecule has 0 unspecified atom stereocenters. The highest BCUT2D eigenvalue weighted by atomic mass is 16.5.